The molecule has 1 amide bonds. The summed E-state index contributed by atoms with van der Waals surface area (Å²) >= 11 is 0. The number of hydrogen-bond donors (Lipinski definition) is 2. The lowest BCUT2D eigenvalue weighted by molar-refractivity contribution is -0.123. The summed E-state index contributed by atoms with van der Waals surface area (Å²) in [7, 11) is 0. The van der Waals surface area contributed by atoms with Crippen LogP contribution < -0.4 is 15.8 Å². The lowest BCUT2D eigenvalue weighted by Gasteiger charge is -2.15. The molecule has 0 atom stereocenters. The van der Waals surface area contributed by atoms with Crippen LogP contribution in [0.15, 0.2) is 24.3 Å². The summed E-state index contributed by atoms with van der Waals surface area (Å²) in [6.45, 7) is 4.79. The Morgan fingerprint density at radius 1 is 1.37 bits per heavy atom. The number of carbonyl (C=O) groups is 1. The van der Waals surface area contributed by atoms with Crippen LogP contribution in [-0.4, -0.2) is 25.1 Å². The molecule has 0 aromatic heterocycles. The van der Waals surface area contributed by atoms with E-state index in [1.807, 2.05) is 24.3 Å². The van der Waals surface area contributed by atoms with Crippen molar-refractivity contribution >= 4 is 5.91 Å². The predicted molar refractivity (Wildman–Crippen MR) is 77.2 cm³/mol. The summed E-state index contributed by atoms with van der Waals surface area (Å²) in [6, 6.07) is 7.94. The van der Waals surface area contributed by atoms with Gasteiger partial charge in [-0.05, 0) is 43.5 Å². The molecule has 0 saturated heterocycles. The van der Waals surface area contributed by atoms with Gasteiger partial charge >= 0.3 is 0 Å². The van der Waals surface area contributed by atoms with E-state index in [0.29, 0.717) is 12.3 Å². The molecule has 106 valence electrons. The third kappa shape index (κ3) is 5.75. The maximum absolute atomic E-state index is 11.7. The number of nitrogens with two attached hydrogens (primary N) is 1. The second-order valence-corrected chi connectivity index (χ2v) is 4.56. The van der Waals surface area contributed by atoms with E-state index in [-0.39, 0.29) is 18.6 Å². The molecule has 0 heterocycles. The summed E-state index contributed by atoms with van der Waals surface area (Å²) < 4.78 is 5.49. The molecule has 0 radical (unpaired) electrons. The lowest BCUT2D eigenvalue weighted by Crippen LogP contribution is -2.37. The van der Waals surface area contributed by atoms with E-state index < -0.39 is 0 Å². The first-order valence-corrected chi connectivity index (χ1v) is 6.90. The molecule has 1 aromatic carbocycles. The van der Waals surface area contributed by atoms with Crippen molar-refractivity contribution in [1.29, 1.82) is 0 Å². The van der Waals surface area contributed by atoms with Crippen molar-refractivity contribution in [2.75, 3.05) is 13.2 Å². The highest BCUT2D eigenvalue weighted by Gasteiger charge is 2.08. The van der Waals surface area contributed by atoms with E-state index in [2.05, 4.69) is 19.2 Å². The van der Waals surface area contributed by atoms with Gasteiger partial charge < -0.3 is 15.8 Å². The molecule has 19 heavy (non-hydrogen) atoms. The fraction of sp³-hybridized carbons (Fsp3) is 0.533. The van der Waals surface area contributed by atoms with Crippen LogP contribution in [0.4, 0.5) is 0 Å². The van der Waals surface area contributed by atoms with Gasteiger partial charge in [-0.25, -0.2) is 0 Å². The molecule has 1 aromatic rings. The van der Waals surface area contributed by atoms with Gasteiger partial charge in [-0.1, -0.05) is 26.0 Å². The normalized spacial score (nSPS) is 10.5. The Morgan fingerprint density at radius 3 is 2.74 bits per heavy atom. The zero-order chi connectivity index (χ0) is 14.1. The van der Waals surface area contributed by atoms with Crippen molar-refractivity contribution in [2.24, 2.45) is 5.73 Å². The van der Waals surface area contributed by atoms with Gasteiger partial charge in [0.2, 0.25) is 0 Å². The molecule has 0 bridgehead atoms. The van der Waals surface area contributed by atoms with Crippen molar-refractivity contribution in [3.8, 4) is 5.75 Å². The SMILES string of the molecule is CCC(CC)NC(=O)COc1cccc(CCN)c1. The molecule has 0 fully saturated rings. The summed E-state index contributed by atoms with van der Waals surface area (Å²) in [6.07, 6.45) is 2.69. The average molecular weight is 264 g/mol. The van der Waals surface area contributed by atoms with Crippen LogP contribution >= 0.6 is 0 Å². The zero-order valence-electron chi connectivity index (χ0n) is 11.8. The largest absolute Gasteiger partial charge is 0.484 e. The Balaban J connectivity index is 2.43. The Labute approximate surface area is 115 Å². The number of benzene rings is 1. The van der Waals surface area contributed by atoms with Crippen LogP contribution in [0.1, 0.15) is 32.3 Å². The standard InChI is InChI=1S/C15H24N2O2/c1-3-13(4-2)17-15(18)11-19-14-7-5-6-12(10-14)8-9-16/h5-7,10,13H,3-4,8-9,11,16H2,1-2H3,(H,17,18). The molecule has 1 rings (SSSR count). The maximum atomic E-state index is 11.7. The molecule has 0 saturated carbocycles. The quantitative estimate of drug-likeness (QED) is 0.753. The van der Waals surface area contributed by atoms with Gasteiger partial charge in [0.1, 0.15) is 5.75 Å². The second-order valence-electron chi connectivity index (χ2n) is 4.56. The van der Waals surface area contributed by atoms with Crippen molar-refractivity contribution in [3.63, 3.8) is 0 Å². The maximum Gasteiger partial charge on any atom is 0.258 e. The fourth-order valence-corrected chi connectivity index (χ4v) is 1.87. The number of hydrogen-bond acceptors (Lipinski definition) is 3. The monoisotopic (exact) mass is 264 g/mol. The molecule has 0 spiro atoms. The Hall–Kier alpha value is -1.55. The Morgan fingerprint density at radius 2 is 2.11 bits per heavy atom. The third-order valence-electron chi connectivity index (χ3n) is 3.05. The molecule has 4 nitrogen and oxygen atoms in total. The molecule has 0 unspecified atom stereocenters. The average Bonchev–Trinajstić information content (AvgIpc) is 2.43. The van der Waals surface area contributed by atoms with E-state index in [1.54, 1.807) is 0 Å². The van der Waals surface area contributed by atoms with Crippen molar-refractivity contribution in [2.45, 2.75) is 39.2 Å². The van der Waals surface area contributed by atoms with E-state index in [1.165, 1.54) is 0 Å². The van der Waals surface area contributed by atoms with Crippen LogP contribution in [0.2, 0.25) is 0 Å². The van der Waals surface area contributed by atoms with Crippen LogP contribution in [0.5, 0.6) is 5.75 Å². The van der Waals surface area contributed by atoms with E-state index in [4.69, 9.17) is 10.5 Å². The number of amides is 1. The van der Waals surface area contributed by atoms with Gasteiger partial charge in [0.25, 0.3) is 5.91 Å². The molecular weight excluding hydrogens is 240 g/mol. The first-order valence-electron chi connectivity index (χ1n) is 6.90. The summed E-state index contributed by atoms with van der Waals surface area (Å²) in [5, 5.41) is 2.94. The molecule has 0 aliphatic rings. The van der Waals surface area contributed by atoms with Crippen molar-refractivity contribution in [3.05, 3.63) is 29.8 Å². The van der Waals surface area contributed by atoms with Crippen LogP contribution in [0, 0.1) is 0 Å². The number of nitrogens with one attached hydrogen (secondary N) is 1. The molecule has 0 aliphatic carbocycles. The number of rotatable bonds is 8. The van der Waals surface area contributed by atoms with Crippen LogP contribution in [0.25, 0.3) is 0 Å². The highest BCUT2D eigenvalue weighted by molar-refractivity contribution is 5.77. The predicted octanol–water partition coefficient (Wildman–Crippen LogP) is 1.87. The van der Waals surface area contributed by atoms with Crippen LogP contribution in [0.3, 0.4) is 0 Å². The first kappa shape index (κ1) is 15.5. The number of carbonyl (C=O) groups excluding carboxylic acids is 1. The van der Waals surface area contributed by atoms with E-state index in [9.17, 15) is 4.79 Å². The molecule has 4 heteroatoms. The van der Waals surface area contributed by atoms with Crippen LogP contribution in [-0.2, 0) is 11.2 Å². The van der Waals surface area contributed by atoms with Gasteiger partial charge in [-0.2, -0.15) is 0 Å². The van der Waals surface area contributed by atoms with Gasteiger partial charge in [0, 0.05) is 6.04 Å². The minimum Gasteiger partial charge on any atom is -0.484 e. The highest BCUT2D eigenvalue weighted by atomic mass is 16.5. The molecule has 3 N–H and O–H groups in total. The van der Waals surface area contributed by atoms with E-state index >= 15 is 0 Å². The van der Waals surface area contributed by atoms with Gasteiger partial charge in [-0.3, -0.25) is 4.79 Å². The summed E-state index contributed by atoms with van der Waals surface area (Å²) in [5.74, 6) is 0.642. The summed E-state index contributed by atoms with van der Waals surface area (Å²) in [5.41, 5.74) is 6.64. The van der Waals surface area contributed by atoms with Gasteiger partial charge in [-0.15, -0.1) is 0 Å². The molecule has 0 aliphatic heterocycles. The summed E-state index contributed by atoms with van der Waals surface area (Å²) in [4.78, 5) is 11.7. The van der Waals surface area contributed by atoms with E-state index in [0.717, 1.165) is 24.8 Å². The minimum absolute atomic E-state index is 0.0581. The van der Waals surface area contributed by atoms with Gasteiger partial charge in [0.05, 0.1) is 0 Å². The zero-order valence-corrected chi connectivity index (χ0v) is 11.8. The highest BCUT2D eigenvalue weighted by Crippen LogP contribution is 2.13. The third-order valence-corrected chi connectivity index (χ3v) is 3.05. The smallest absolute Gasteiger partial charge is 0.258 e. The second kappa shape index (κ2) is 8.53. The molecular formula is C15H24N2O2. The number of ether oxygens (including phenoxy) is 1. The van der Waals surface area contributed by atoms with Gasteiger partial charge in [0.15, 0.2) is 6.61 Å². The fourth-order valence-electron chi connectivity index (χ4n) is 1.87. The topological polar surface area (TPSA) is 64.3 Å². The van der Waals surface area contributed by atoms with Crippen molar-refractivity contribution in [1.82, 2.24) is 5.32 Å². The first-order chi connectivity index (χ1) is 9.19. The minimum atomic E-state index is -0.0714. The Bertz CT molecular complexity index is 389. The lowest BCUT2D eigenvalue weighted by atomic mass is 10.1. The Kier molecular flexibility index (Phi) is 6.97. The van der Waals surface area contributed by atoms with Crippen molar-refractivity contribution < 1.29 is 9.53 Å².